The third kappa shape index (κ3) is 8.06. The van der Waals surface area contributed by atoms with Crippen LogP contribution in [0.25, 0.3) is 0 Å². The molecule has 0 radical (unpaired) electrons. The first-order chi connectivity index (χ1) is 16.9. The lowest BCUT2D eigenvalue weighted by Gasteiger charge is -2.44. The number of likely N-dealkylation sites (tertiary alicyclic amines) is 1. The molecule has 3 fully saturated rings. The van der Waals surface area contributed by atoms with Crippen molar-refractivity contribution in [2.75, 3.05) is 39.3 Å². The van der Waals surface area contributed by atoms with Crippen LogP contribution in [0.2, 0.25) is 0 Å². The molecule has 0 unspecified atom stereocenters. The van der Waals surface area contributed by atoms with Gasteiger partial charge in [0, 0.05) is 50.0 Å². The van der Waals surface area contributed by atoms with E-state index in [9.17, 15) is 4.79 Å². The maximum atomic E-state index is 13.0. The molecule has 3 aliphatic rings. The third-order valence-corrected chi connectivity index (χ3v) is 7.90. The number of piperazine rings is 1. The van der Waals surface area contributed by atoms with Gasteiger partial charge in [-0.05, 0) is 84.5 Å². The van der Waals surface area contributed by atoms with Crippen molar-refractivity contribution in [3.05, 3.63) is 11.8 Å². The minimum absolute atomic E-state index is 0.0182. The highest BCUT2D eigenvalue weighted by atomic mass is 16.2. The van der Waals surface area contributed by atoms with Gasteiger partial charge in [-0.15, -0.1) is 0 Å². The fourth-order valence-corrected chi connectivity index (χ4v) is 5.96. The highest BCUT2D eigenvalue weighted by Crippen LogP contribution is 2.27. The Balaban J connectivity index is 1.39. The maximum Gasteiger partial charge on any atom is 0.318 e. The van der Waals surface area contributed by atoms with E-state index in [2.05, 4.69) is 46.8 Å². The minimum Gasteiger partial charge on any atom is -0.338 e. The summed E-state index contributed by atoms with van der Waals surface area (Å²) in [5.74, 6) is 2.13. The number of nitriles is 1. The van der Waals surface area contributed by atoms with Gasteiger partial charge < -0.3 is 20.0 Å². The molecule has 1 aliphatic carbocycles. The number of allylic oxidation sites excluding steroid dienone is 1. The molecule has 0 bridgehead atoms. The predicted molar refractivity (Wildman–Crippen MR) is 142 cm³/mol. The molecule has 2 atom stereocenters. The van der Waals surface area contributed by atoms with E-state index in [1.54, 1.807) is 6.92 Å². The van der Waals surface area contributed by atoms with Gasteiger partial charge in [0.05, 0.1) is 6.07 Å². The van der Waals surface area contributed by atoms with Crippen LogP contribution in [-0.4, -0.2) is 84.8 Å². The van der Waals surface area contributed by atoms with Crippen LogP contribution in [-0.2, 0) is 0 Å². The van der Waals surface area contributed by atoms with Gasteiger partial charge in [-0.3, -0.25) is 0 Å². The van der Waals surface area contributed by atoms with Crippen LogP contribution < -0.4 is 5.32 Å². The standard InChI is InChI=1S/C27H45N7O/c1-21(16-28)17-31-26(29-4)33-18-22(2)34(23(3)19-33)27(35)30-13-10-24-11-14-32(15-12-24)20-25-8-6-5-7-9-25/h17,22-25H,4-15,18-20H2,1-3H3,(H,30,35)/b21-17+,31-26?/t22-,23+. The summed E-state index contributed by atoms with van der Waals surface area (Å²) in [7, 11) is 0. The summed E-state index contributed by atoms with van der Waals surface area (Å²) < 4.78 is 0. The highest BCUT2D eigenvalue weighted by molar-refractivity contribution is 5.85. The number of guanidine groups is 1. The summed E-state index contributed by atoms with van der Waals surface area (Å²) >= 11 is 0. The van der Waals surface area contributed by atoms with Crippen LogP contribution >= 0.6 is 0 Å². The van der Waals surface area contributed by atoms with Gasteiger partial charge in [0.25, 0.3) is 0 Å². The van der Waals surface area contributed by atoms with Crippen molar-refractivity contribution >= 4 is 18.7 Å². The van der Waals surface area contributed by atoms with Crippen LogP contribution in [0.5, 0.6) is 0 Å². The smallest absolute Gasteiger partial charge is 0.318 e. The molecule has 0 aromatic rings. The van der Waals surface area contributed by atoms with Crippen molar-refractivity contribution in [3.8, 4) is 6.07 Å². The van der Waals surface area contributed by atoms with E-state index in [0.29, 0.717) is 30.5 Å². The lowest BCUT2D eigenvalue weighted by molar-refractivity contribution is 0.0948. The number of nitrogens with zero attached hydrogens (tertiary/aromatic N) is 6. The van der Waals surface area contributed by atoms with Gasteiger partial charge in [-0.25, -0.2) is 14.8 Å². The summed E-state index contributed by atoms with van der Waals surface area (Å²) in [6, 6.07) is 2.12. The highest BCUT2D eigenvalue weighted by Gasteiger charge is 2.34. The Morgan fingerprint density at radius 1 is 1.09 bits per heavy atom. The molecule has 2 aliphatic heterocycles. The van der Waals surface area contributed by atoms with E-state index in [1.165, 1.54) is 70.8 Å². The number of rotatable bonds is 6. The number of nitrogens with one attached hydrogen (secondary N) is 1. The molecule has 0 spiro atoms. The van der Waals surface area contributed by atoms with Crippen LogP contribution in [0.1, 0.15) is 72.1 Å². The largest absolute Gasteiger partial charge is 0.338 e. The van der Waals surface area contributed by atoms with Crippen LogP contribution in [0.3, 0.4) is 0 Å². The van der Waals surface area contributed by atoms with Crippen molar-refractivity contribution in [2.24, 2.45) is 21.8 Å². The fourth-order valence-electron chi connectivity index (χ4n) is 5.96. The van der Waals surface area contributed by atoms with Gasteiger partial charge >= 0.3 is 6.03 Å². The molecule has 1 saturated carbocycles. The zero-order chi connectivity index (χ0) is 25.2. The first-order valence-electron chi connectivity index (χ1n) is 13.6. The van der Waals surface area contributed by atoms with Gasteiger partial charge in [0.1, 0.15) is 0 Å². The second-order valence-corrected chi connectivity index (χ2v) is 10.8. The van der Waals surface area contributed by atoms with Crippen LogP contribution in [0.15, 0.2) is 21.8 Å². The Bertz CT molecular complexity index is 791. The molecule has 2 saturated heterocycles. The molecule has 3 rings (SSSR count). The number of carbonyl (C=O) groups excluding carboxylic acids is 1. The van der Waals surface area contributed by atoms with Crippen molar-refractivity contribution in [2.45, 2.75) is 84.2 Å². The number of urea groups is 1. The molecule has 35 heavy (non-hydrogen) atoms. The second-order valence-electron chi connectivity index (χ2n) is 10.8. The molecule has 1 N–H and O–H groups in total. The summed E-state index contributed by atoms with van der Waals surface area (Å²) in [6.45, 7) is 15.2. The molecule has 0 aromatic carbocycles. The number of hydrogen-bond acceptors (Lipinski definition) is 4. The Kier molecular flexibility index (Phi) is 10.6. The van der Waals surface area contributed by atoms with Gasteiger partial charge in [0.15, 0.2) is 0 Å². The Hall–Kier alpha value is -2.40. The van der Waals surface area contributed by atoms with Crippen molar-refractivity contribution in [1.29, 1.82) is 5.26 Å². The molecule has 0 aromatic heterocycles. The minimum atomic E-state index is 0.0182. The average molecular weight is 484 g/mol. The molecule has 2 amide bonds. The maximum absolute atomic E-state index is 13.0. The van der Waals surface area contributed by atoms with Crippen molar-refractivity contribution in [3.63, 3.8) is 0 Å². The van der Waals surface area contributed by atoms with E-state index in [0.717, 1.165) is 18.9 Å². The Morgan fingerprint density at radius 3 is 2.34 bits per heavy atom. The Morgan fingerprint density at radius 2 is 1.74 bits per heavy atom. The SMILES string of the molecule is C=NC(=N/C=C(\C)C#N)N1C[C@@H](C)N(C(=O)NCCC2CCN(CC3CCCCC3)CC2)[C@@H](C)C1. The first-order valence-corrected chi connectivity index (χ1v) is 13.6. The normalized spacial score (nSPS) is 25.9. The van der Waals surface area contributed by atoms with Crippen molar-refractivity contribution in [1.82, 2.24) is 20.0 Å². The molecule has 8 heteroatoms. The zero-order valence-electron chi connectivity index (χ0n) is 22.1. The number of hydrogen-bond donors (Lipinski definition) is 1. The Labute approximate surface area is 212 Å². The van der Waals surface area contributed by atoms with E-state index >= 15 is 0 Å². The summed E-state index contributed by atoms with van der Waals surface area (Å²) in [5.41, 5.74) is 0.514. The van der Waals surface area contributed by atoms with Gasteiger partial charge in [-0.2, -0.15) is 5.26 Å². The molecule has 2 heterocycles. The predicted octanol–water partition coefficient (Wildman–Crippen LogP) is 4.26. The van der Waals surface area contributed by atoms with E-state index in [-0.39, 0.29) is 18.1 Å². The monoisotopic (exact) mass is 483 g/mol. The van der Waals surface area contributed by atoms with E-state index in [4.69, 9.17) is 5.26 Å². The first kappa shape index (κ1) is 27.2. The second kappa shape index (κ2) is 13.6. The van der Waals surface area contributed by atoms with Crippen LogP contribution in [0.4, 0.5) is 4.79 Å². The van der Waals surface area contributed by atoms with Gasteiger partial charge in [0.2, 0.25) is 5.96 Å². The summed E-state index contributed by atoms with van der Waals surface area (Å²) in [6.07, 6.45) is 12.2. The van der Waals surface area contributed by atoms with E-state index in [1.807, 2.05) is 9.80 Å². The lowest BCUT2D eigenvalue weighted by atomic mass is 9.87. The van der Waals surface area contributed by atoms with Gasteiger partial charge in [-0.1, -0.05) is 19.3 Å². The average Bonchev–Trinajstić information content (AvgIpc) is 2.85. The lowest BCUT2D eigenvalue weighted by Crippen LogP contribution is -2.61. The number of amides is 2. The summed E-state index contributed by atoms with van der Waals surface area (Å²) in [5, 5.41) is 12.1. The number of carbonyl (C=O) groups is 1. The summed E-state index contributed by atoms with van der Waals surface area (Å²) in [4.78, 5) is 28.0. The fraction of sp³-hybridized carbons (Fsp3) is 0.778. The number of piperidine rings is 1. The number of aliphatic imine (C=N–C) groups is 2. The quantitative estimate of drug-likeness (QED) is 0.347. The molecular formula is C27H45N7O. The topological polar surface area (TPSA) is 87.3 Å². The molecule has 8 nitrogen and oxygen atoms in total. The van der Waals surface area contributed by atoms with E-state index < -0.39 is 0 Å². The third-order valence-electron chi connectivity index (χ3n) is 7.90. The zero-order valence-corrected chi connectivity index (χ0v) is 22.1. The van der Waals surface area contributed by atoms with Crippen LogP contribution in [0, 0.1) is 23.2 Å². The van der Waals surface area contributed by atoms with Crippen molar-refractivity contribution < 1.29 is 4.79 Å². The molecule has 194 valence electrons. The molecular weight excluding hydrogens is 438 g/mol.